The molecule has 118 valence electrons. The number of benzene rings is 1. The lowest BCUT2D eigenvalue weighted by Crippen LogP contribution is -2.57. The third-order valence-corrected chi connectivity index (χ3v) is 2.25. The summed E-state index contributed by atoms with van der Waals surface area (Å²) in [6, 6.07) is 0.753. The second kappa shape index (κ2) is 5.15. The Kier molecular flexibility index (Phi) is 4.22. The number of ether oxygens (including phenoxy) is 1. The highest BCUT2D eigenvalue weighted by molar-refractivity contribution is 5.81. The van der Waals surface area contributed by atoms with Crippen LogP contribution in [0.3, 0.4) is 0 Å². The van der Waals surface area contributed by atoms with Crippen molar-refractivity contribution >= 4 is 5.97 Å². The molecule has 0 aromatic heterocycles. The van der Waals surface area contributed by atoms with E-state index in [1.807, 2.05) is 0 Å². The second-order valence-electron chi connectivity index (χ2n) is 4.03. The molecular weight excluding hydrogens is 316 g/mol. The molecule has 0 aliphatic heterocycles. The predicted molar refractivity (Wildman–Crippen MR) is 52.5 cm³/mol. The molecule has 1 rings (SSSR count). The van der Waals surface area contributed by atoms with Gasteiger partial charge in [-0.1, -0.05) is 0 Å². The summed E-state index contributed by atoms with van der Waals surface area (Å²) >= 11 is 0. The first-order chi connectivity index (χ1) is 9.29. The lowest BCUT2D eigenvalue weighted by atomic mass is 10.1. The topological polar surface area (TPSA) is 26.3 Å². The molecule has 0 radical (unpaired) electrons. The Hall–Kier alpha value is -1.87. The third-order valence-electron chi connectivity index (χ3n) is 2.25. The molecule has 0 aliphatic carbocycles. The molecule has 0 bridgehead atoms. The highest BCUT2D eigenvalue weighted by atomic mass is 19.3. The number of alkyl halides is 6. The molecule has 2 nitrogen and oxygen atoms in total. The summed E-state index contributed by atoms with van der Waals surface area (Å²) in [5, 5.41) is 0. The summed E-state index contributed by atoms with van der Waals surface area (Å²) < 4.78 is 106. The van der Waals surface area contributed by atoms with E-state index >= 15 is 0 Å². The van der Waals surface area contributed by atoms with Gasteiger partial charge in [0.05, 0.1) is 0 Å². The molecule has 0 heterocycles. The molecule has 0 spiro atoms. The van der Waals surface area contributed by atoms with Crippen LogP contribution in [-0.2, 0) is 4.79 Å². The van der Waals surface area contributed by atoms with Gasteiger partial charge in [0.1, 0.15) is 17.4 Å². The first kappa shape index (κ1) is 17.2. The summed E-state index contributed by atoms with van der Waals surface area (Å²) in [6.45, 7) is -0.518. The lowest BCUT2D eigenvalue weighted by molar-refractivity contribution is -0.296. The maximum Gasteiger partial charge on any atom is 0.411 e. The van der Waals surface area contributed by atoms with Crippen LogP contribution in [0.1, 0.15) is 6.92 Å². The molecule has 1 aromatic rings. The Morgan fingerprint density at radius 3 is 1.76 bits per heavy atom. The maximum atomic E-state index is 13.1. The maximum absolute atomic E-state index is 13.1. The Morgan fingerprint density at radius 2 is 1.38 bits per heavy atom. The average molecular weight is 322 g/mol. The van der Waals surface area contributed by atoms with E-state index < -0.39 is 48.0 Å². The zero-order valence-corrected chi connectivity index (χ0v) is 10.1. The van der Waals surface area contributed by atoms with Crippen molar-refractivity contribution in [3.05, 3.63) is 29.8 Å². The van der Waals surface area contributed by atoms with Crippen LogP contribution in [0.25, 0.3) is 0 Å². The number of hydrogen-bond acceptors (Lipinski definition) is 2. The Morgan fingerprint density at radius 1 is 0.952 bits per heavy atom. The minimum Gasteiger partial charge on any atom is -0.422 e. The number of esters is 1. The van der Waals surface area contributed by atoms with Crippen molar-refractivity contribution in [2.45, 2.75) is 24.7 Å². The molecule has 0 saturated carbocycles. The van der Waals surface area contributed by atoms with Crippen molar-refractivity contribution in [3.8, 4) is 5.75 Å². The number of hydrogen-bond donors (Lipinski definition) is 0. The summed E-state index contributed by atoms with van der Waals surface area (Å²) in [5.74, 6) is -24.1. The van der Waals surface area contributed by atoms with Gasteiger partial charge in [0.25, 0.3) is 0 Å². The van der Waals surface area contributed by atoms with E-state index in [9.17, 15) is 39.9 Å². The van der Waals surface area contributed by atoms with E-state index in [0.717, 1.165) is 0 Å². The van der Waals surface area contributed by atoms with Crippen LogP contribution in [0.15, 0.2) is 18.2 Å². The van der Waals surface area contributed by atoms with Crippen molar-refractivity contribution in [2.75, 3.05) is 0 Å². The molecule has 0 aliphatic rings. The molecule has 0 saturated heterocycles. The Bertz CT molecular complexity index is 529. The minimum atomic E-state index is -6.05. The highest BCUT2D eigenvalue weighted by Gasteiger charge is 2.74. The molecule has 0 amide bonds. The van der Waals surface area contributed by atoms with Crippen LogP contribution in [0.4, 0.5) is 35.1 Å². The van der Waals surface area contributed by atoms with E-state index in [0.29, 0.717) is 0 Å². The fourth-order valence-electron chi connectivity index (χ4n) is 1.16. The minimum absolute atomic E-state index is 0.235. The zero-order valence-electron chi connectivity index (χ0n) is 10.1. The summed E-state index contributed by atoms with van der Waals surface area (Å²) in [6.07, 6.45) is 0. The van der Waals surface area contributed by atoms with Crippen LogP contribution >= 0.6 is 0 Å². The number of rotatable bonds is 4. The second-order valence-corrected chi connectivity index (χ2v) is 4.03. The van der Waals surface area contributed by atoms with Crippen LogP contribution in [0, 0.1) is 11.6 Å². The van der Waals surface area contributed by atoms with E-state index in [-0.39, 0.29) is 18.2 Å². The largest absolute Gasteiger partial charge is 0.422 e. The normalized spacial score (nSPS) is 13.2. The Balaban J connectivity index is 3.07. The first-order valence-corrected chi connectivity index (χ1v) is 5.11. The number of carbonyl (C=O) groups excluding carboxylic acids is 1. The van der Waals surface area contributed by atoms with E-state index in [1.54, 1.807) is 0 Å². The summed E-state index contributed by atoms with van der Waals surface area (Å²) in [4.78, 5) is 10.9. The zero-order chi connectivity index (χ0) is 16.6. The van der Waals surface area contributed by atoms with Gasteiger partial charge in [-0.25, -0.2) is 13.6 Å². The Labute approximate surface area is 112 Å². The fourth-order valence-corrected chi connectivity index (χ4v) is 1.16. The van der Waals surface area contributed by atoms with Gasteiger partial charge >= 0.3 is 23.7 Å². The molecule has 21 heavy (non-hydrogen) atoms. The molecule has 0 unspecified atom stereocenters. The van der Waals surface area contributed by atoms with Crippen LogP contribution in [0.2, 0.25) is 0 Å². The molecule has 0 N–H and O–H groups in total. The predicted octanol–water partition coefficient (Wildman–Crippen LogP) is 3.80. The smallest absolute Gasteiger partial charge is 0.411 e. The summed E-state index contributed by atoms with van der Waals surface area (Å²) in [5.41, 5.74) is 0. The first-order valence-electron chi connectivity index (χ1n) is 5.11. The molecule has 1 aromatic carbocycles. The lowest BCUT2D eigenvalue weighted by Gasteiger charge is -2.28. The SMILES string of the molecule is CC(F)(F)C(F)(F)C(F)(F)C(=O)Oc1cc(F)cc(F)c1. The van der Waals surface area contributed by atoms with Crippen molar-refractivity contribution in [1.29, 1.82) is 0 Å². The molecule has 10 heteroatoms. The molecule has 0 atom stereocenters. The van der Waals surface area contributed by atoms with E-state index in [4.69, 9.17) is 0 Å². The van der Waals surface area contributed by atoms with Gasteiger partial charge in [0, 0.05) is 25.1 Å². The van der Waals surface area contributed by atoms with Gasteiger partial charge in [-0.3, -0.25) is 0 Å². The highest BCUT2D eigenvalue weighted by Crippen LogP contribution is 2.46. The number of halogens is 8. The van der Waals surface area contributed by atoms with Gasteiger partial charge in [-0.05, 0) is 0 Å². The van der Waals surface area contributed by atoms with Gasteiger partial charge < -0.3 is 4.74 Å². The average Bonchev–Trinajstić information content (AvgIpc) is 2.25. The monoisotopic (exact) mass is 322 g/mol. The standard InChI is InChI=1S/C11H6F8O2/c1-9(14,15)11(18,19)10(16,17)8(20)21-7-3-5(12)2-6(13)4-7/h2-4H,1H3. The fraction of sp³-hybridized carbons (Fsp3) is 0.364. The van der Waals surface area contributed by atoms with Gasteiger partial charge in [0.2, 0.25) is 0 Å². The van der Waals surface area contributed by atoms with Gasteiger partial charge in [-0.15, -0.1) is 0 Å². The van der Waals surface area contributed by atoms with Crippen LogP contribution < -0.4 is 4.74 Å². The summed E-state index contributed by atoms with van der Waals surface area (Å²) in [7, 11) is 0. The van der Waals surface area contributed by atoms with Crippen molar-refractivity contribution in [2.24, 2.45) is 0 Å². The van der Waals surface area contributed by atoms with Gasteiger partial charge in [-0.2, -0.15) is 26.3 Å². The van der Waals surface area contributed by atoms with E-state index in [1.165, 1.54) is 0 Å². The van der Waals surface area contributed by atoms with Crippen LogP contribution in [0.5, 0.6) is 5.75 Å². The van der Waals surface area contributed by atoms with Crippen molar-refractivity contribution in [3.63, 3.8) is 0 Å². The van der Waals surface area contributed by atoms with Crippen LogP contribution in [-0.4, -0.2) is 23.7 Å². The quantitative estimate of drug-likeness (QED) is 0.479. The third kappa shape index (κ3) is 3.24. The van der Waals surface area contributed by atoms with Crippen molar-refractivity contribution in [1.82, 2.24) is 0 Å². The molecular formula is C11H6F8O2. The van der Waals surface area contributed by atoms with Gasteiger partial charge in [0.15, 0.2) is 0 Å². The van der Waals surface area contributed by atoms with Crippen molar-refractivity contribution < 1.29 is 44.7 Å². The van der Waals surface area contributed by atoms with E-state index in [2.05, 4.69) is 4.74 Å². The molecule has 0 fully saturated rings. The number of carbonyl (C=O) groups is 1.